The van der Waals surface area contributed by atoms with Gasteiger partial charge in [-0.15, -0.1) is 0 Å². The molecule has 6 heterocycles. The first-order chi connectivity index (χ1) is 33.4. The molecule has 0 aliphatic carbocycles. The van der Waals surface area contributed by atoms with Gasteiger partial charge < -0.3 is 14.2 Å². The van der Waals surface area contributed by atoms with Gasteiger partial charge in [-0.1, -0.05) is 13.8 Å². The Kier molecular flexibility index (Phi) is 15.6. The van der Waals surface area contributed by atoms with Crippen LogP contribution in [0.4, 0.5) is 0 Å². The van der Waals surface area contributed by atoms with Crippen molar-refractivity contribution in [1.82, 2.24) is 35.1 Å². The van der Waals surface area contributed by atoms with Crippen LogP contribution in [-0.4, -0.2) is 132 Å². The van der Waals surface area contributed by atoms with Crippen molar-refractivity contribution in [3.8, 4) is 22.4 Å². The van der Waals surface area contributed by atoms with Crippen LogP contribution in [0.2, 0.25) is 4.68 Å². The van der Waals surface area contributed by atoms with Gasteiger partial charge in [0.1, 0.15) is 0 Å². The van der Waals surface area contributed by atoms with E-state index >= 15 is 0 Å². The van der Waals surface area contributed by atoms with Gasteiger partial charge in [-0.3, -0.25) is 4.98 Å². The first kappa shape index (κ1) is 51.3. The number of aromatic nitrogens is 2. The number of nitrogens with zero attached hydrogens (tertiary/aromatic N) is 5. The summed E-state index contributed by atoms with van der Waals surface area (Å²) in [6.45, 7) is 19.5. The maximum absolute atomic E-state index is 14.8. The summed E-state index contributed by atoms with van der Waals surface area (Å²) >= 11 is -3.47. The number of methoxy groups -OCH3 is 1. The van der Waals surface area contributed by atoms with Crippen molar-refractivity contribution in [2.75, 3.05) is 46.9 Å². The molecule has 15 heteroatoms. The summed E-state index contributed by atoms with van der Waals surface area (Å²) in [7, 11) is 3.88. The molecule has 3 amide bonds. The van der Waals surface area contributed by atoms with E-state index in [1.54, 1.807) is 12.0 Å². The Balaban J connectivity index is 1.21. The number of carbonyl (C=O) groups excluding carboxylic acids is 5. The number of hydrogen-bond acceptors (Lipinski definition) is 10. The number of ether oxygens (including phenoxy) is 2. The van der Waals surface area contributed by atoms with Gasteiger partial charge in [0.05, 0.1) is 17.5 Å². The van der Waals surface area contributed by atoms with E-state index in [4.69, 9.17) is 14.5 Å². The van der Waals surface area contributed by atoms with Crippen molar-refractivity contribution in [2.45, 2.75) is 116 Å². The molecular formula is C55H70InN7O7. The number of likely N-dealkylation sites (N-methyl/N-ethyl adjacent to an activating group) is 1. The van der Waals surface area contributed by atoms with Gasteiger partial charge in [-0.25, -0.2) is 0 Å². The minimum atomic E-state index is -3.47. The van der Waals surface area contributed by atoms with Crippen LogP contribution in [0.3, 0.4) is 0 Å². The maximum atomic E-state index is 14.8. The van der Waals surface area contributed by atoms with Gasteiger partial charge in [0.15, 0.2) is 0 Å². The van der Waals surface area contributed by atoms with Gasteiger partial charge in [0, 0.05) is 44.4 Å². The van der Waals surface area contributed by atoms with E-state index in [-0.39, 0.29) is 40.4 Å². The number of nitrogens with one attached hydrogen (secondary N) is 2. The Morgan fingerprint density at radius 2 is 1.84 bits per heavy atom. The van der Waals surface area contributed by atoms with E-state index in [0.717, 1.165) is 80.9 Å². The number of aryl methyl sites for hydroxylation is 1. The van der Waals surface area contributed by atoms with Crippen LogP contribution in [0.5, 0.6) is 0 Å². The van der Waals surface area contributed by atoms with Gasteiger partial charge in [-0.2, -0.15) is 0 Å². The van der Waals surface area contributed by atoms with Crippen molar-refractivity contribution >= 4 is 59.6 Å². The van der Waals surface area contributed by atoms with Crippen molar-refractivity contribution in [3.63, 3.8) is 0 Å². The first-order valence-electron chi connectivity index (χ1n) is 25.1. The number of fused-ring (bicyclic) bond motifs is 7. The molecule has 2 fully saturated rings. The predicted molar refractivity (Wildman–Crippen MR) is 274 cm³/mol. The van der Waals surface area contributed by atoms with Gasteiger partial charge >= 0.3 is 289 Å². The zero-order valence-electron chi connectivity index (χ0n) is 42.6. The molecule has 14 nitrogen and oxygen atoms in total. The number of cyclic esters (lactones) is 1. The van der Waals surface area contributed by atoms with E-state index in [0.29, 0.717) is 55.2 Å². The van der Waals surface area contributed by atoms with Crippen LogP contribution in [0.1, 0.15) is 95.0 Å². The molecule has 6 bridgehead atoms. The van der Waals surface area contributed by atoms with Gasteiger partial charge in [0.2, 0.25) is 0 Å². The molecule has 0 saturated carbocycles. The van der Waals surface area contributed by atoms with E-state index in [1.165, 1.54) is 16.6 Å². The molecule has 4 aliphatic rings. The van der Waals surface area contributed by atoms with E-state index < -0.39 is 50.8 Å². The third kappa shape index (κ3) is 10.6. The Hall–Kier alpha value is -5.09. The molecule has 2 saturated heterocycles. The zero-order chi connectivity index (χ0) is 50.2. The number of pyridine rings is 1. The molecule has 2 N–H and O–H groups in total. The average molecular weight is 1060 g/mol. The fourth-order valence-corrected chi connectivity index (χ4v) is 18.5. The van der Waals surface area contributed by atoms with Gasteiger partial charge in [-0.05, 0) is 38.9 Å². The summed E-state index contributed by atoms with van der Waals surface area (Å²) in [4.78, 5) is 79.3. The monoisotopic (exact) mass is 1060 g/mol. The Morgan fingerprint density at radius 1 is 1.07 bits per heavy atom. The molecule has 370 valence electrons. The molecule has 4 aliphatic heterocycles. The van der Waals surface area contributed by atoms with E-state index in [9.17, 15) is 24.0 Å². The number of hydrazine groups is 1. The quantitative estimate of drug-likeness (QED) is 0.127. The van der Waals surface area contributed by atoms with Crippen LogP contribution < -0.4 is 10.7 Å². The number of esters is 1. The average Bonchev–Trinajstić information content (AvgIpc) is 3.96. The minimum absolute atomic E-state index is 0.0807. The summed E-state index contributed by atoms with van der Waals surface area (Å²) in [5, 5.41) is 5.67. The number of amides is 3. The second-order valence-corrected chi connectivity index (χ2v) is 28.3. The zero-order valence-corrected chi connectivity index (χ0v) is 45.9. The molecule has 70 heavy (non-hydrogen) atoms. The summed E-state index contributed by atoms with van der Waals surface area (Å²) in [6, 6.07) is 15.3. The molecular weight excluding hydrogens is 985 g/mol. The van der Waals surface area contributed by atoms with Crippen LogP contribution in [0, 0.1) is 11.3 Å². The van der Waals surface area contributed by atoms with E-state index in [2.05, 4.69) is 97.9 Å². The molecule has 8 rings (SSSR count). The van der Waals surface area contributed by atoms with Crippen LogP contribution in [-0.2, 0) is 65.8 Å². The SMILES string of the molecule is C=CC(=O)N1CC[C@H]([C](=O)[In]([CH3])[C](C(=O)N[C@H]2Cc3cccc(c3)-c3ccc4c(c3)c(c(-c3cc5c(nc3[C@H](C)OC)CCN(C)C5)n4CC)CC(C)(C)COC(=O)[C@@H]3CCCN(N3)C2=O)=C(C)C)C1. The second kappa shape index (κ2) is 21.3. The Labute approximate surface area is 420 Å². The predicted octanol–water partition coefficient (Wildman–Crippen LogP) is 6.88. The van der Waals surface area contributed by atoms with E-state index in [1.807, 2.05) is 30.7 Å². The summed E-state index contributed by atoms with van der Waals surface area (Å²) in [5.41, 5.74) is 13.8. The van der Waals surface area contributed by atoms with Crippen LogP contribution in [0.25, 0.3) is 33.3 Å². The summed E-state index contributed by atoms with van der Waals surface area (Å²) in [5.74, 6) is -1.77. The fourth-order valence-electron chi connectivity index (χ4n) is 11.1. The van der Waals surface area contributed by atoms with Crippen molar-refractivity contribution < 1.29 is 33.4 Å². The Morgan fingerprint density at radius 3 is 2.57 bits per heavy atom. The Bertz CT molecular complexity index is 2760. The third-order valence-corrected chi connectivity index (χ3v) is 23.5. The number of allylic oxidation sites excluding steroid dienone is 1. The third-order valence-electron chi connectivity index (χ3n) is 14.9. The number of carbonyl (C=O) groups is 5. The number of benzene rings is 2. The molecule has 0 spiro atoms. The fraction of sp³-hybridized carbons (Fsp3) is 0.491. The van der Waals surface area contributed by atoms with Gasteiger partial charge in [0.25, 0.3) is 0 Å². The topological polar surface area (TPSA) is 155 Å². The first-order valence-corrected chi connectivity index (χ1v) is 31.7. The molecule has 4 atom stereocenters. The molecule has 0 radical (unpaired) electrons. The molecule has 2 aromatic carbocycles. The molecule has 0 unspecified atom stereocenters. The second-order valence-electron chi connectivity index (χ2n) is 20.9. The molecule has 4 aromatic rings. The van der Waals surface area contributed by atoms with Crippen molar-refractivity contribution in [1.29, 1.82) is 0 Å². The van der Waals surface area contributed by atoms with Crippen LogP contribution in [0.15, 0.2) is 70.1 Å². The number of likely N-dealkylation sites (tertiary alicyclic amines) is 1. The summed E-state index contributed by atoms with van der Waals surface area (Å²) in [6.07, 6.45) is 4.23. The van der Waals surface area contributed by atoms with Crippen LogP contribution >= 0.6 is 0 Å². The van der Waals surface area contributed by atoms with Crippen molar-refractivity contribution in [2.24, 2.45) is 11.3 Å². The van der Waals surface area contributed by atoms with Crippen molar-refractivity contribution in [3.05, 3.63) is 98.2 Å². The number of rotatable bonds is 10. The number of hydrogen-bond donors (Lipinski definition) is 2. The summed E-state index contributed by atoms with van der Waals surface area (Å²) < 4.78 is 17.1. The standard InChI is InChI=1S/C46H57N6O5.C8H10NO2.CH3.In/c1-9-51-40-16-15-32-23-34(40)36(43(51)35-24-33-26-50(7)19-17-37(33)48-42(35)29(4)56-8)25-46(5,6)27-57-45(55)38-14-11-18-52(49-38)44(54)39(47-41(53)20-28(2)3)22-30-12-10-13-31(32)21-30;1-2-8(11)9-4-3-7(5-9)6-10;;/h10,12-13,15-16,21,23-24,29,38-39,49H,9,11,14,17-19,22,25-27H2,1-8H3,(H,47,53);2,7H,1,3-5H2;1H3;/t29-,38-,39-;7-;;/m00../s1. The normalized spacial score (nSPS) is 21.1. The molecule has 2 aromatic heterocycles.